The minimum atomic E-state index is -0.255. The van der Waals surface area contributed by atoms with Crippen LogP contribution in [0.5, 0.6) is 0 Å². The Bertz CT molecular complexity index is 551. The van der Waals surface area contributed by atoms with Crippen LogP contribution in [-0.2, 0) is 6.54 Å². The van der Waals surface area contributed by atoms with Crippen LogP contribution in [0.3, 0.4) is 0 Å². The zero-order valence-electron chi connectivity index (χ0n) is 10.4. The van der Waals surface area contributed by atoms with Gasteiger partial charge in [-0.2, -0.15) is 0 Å². The molecule has 0 radical (unpaired) electrons. The molecule has 0 spiro atoms. The molecule has 5 nitrogen and oxygen atoms in total. The average Bonchev–Trinajstić information content (AvgIpc) is 2.36. The largest absolute Gasteiger partial charge is 0.380 e. The summed E-state index contributed by atoms with van der Waals surface area (Å²) in [6.45, 7) is 2.70. The Morgan fingerprint density at radius 1 is 1.50 bits per heavy atom. The van der Waals surface area contributed by atoms with E-state index >= 15 is 0 Å². The average molecular weight is 246 g/mol. The Labute approximate surface area is 105 Å². The highest BCUT2D eigenvalue weighted by atomic mass is 16.1. The minimum absolute atomic E-state index is 0.0264. The fraction of sp³-hybridized carbons (Fsp3) is 0.385. The highest BCUT2D eigenvalue weighted by molar-refractivity contribution is 5.22. The van der Waals surface area contributed by atoms with Crippen LogP contribution >= 0.6 is 0 Å². The molecule has 1 aromatic rings. The van der Waals surface area contributed by atoms with E-state index in [-0.39, 0.29) is 11.2 Å². The summed E-state index contributed by atoms with van der Waals surface area (Å²) in [5, 5.41) is 10.6. The van der Waals surface area contributed by atoms with Crippen LogP contribution in [0.2, 0.25) is 0 Å². The van der Waals surface area contributed by atoms with Crippen molar-refractivity contribution in [2.24, 2.45) is 5.92 Å². The first-order valence-corrected chi connectivity index (χ1v) is 6.16. The molecule has 4 N–H and O–H groups in total. The second-order valence-corrected chi connectivity index (χ2v) is 4.43. The summed E-state index contributed by atoms with van der Waals surface area (Å²) in [6, 6.07) is 1.47. The van der Waals surface area contributed by atoms with Crippen molar-refractivity contribution in [3.05, 3.63) is 51.7 Å². The van der Waals surface area contributed by atoms with E-state index in [2.05, 4.69) is 40.4 Å². The van der Waals surface area contributed by atoms with Crippen molar-refractivity contribution in [3.8, 4) is 0 Å². The lowest BCUT2D eigenvalue weighted by atomic mass is 9.97. The third-order valence-electron chi connectivity index (χ3n) is 3.03. The first-order chi connectivity index (χ1) is 8.67. The molecule has 0 amide bonds. The second-order valence-electron chi connectivity index (χ2n) is 4.43. The monoisotopic (exact) mass is 246 g/mol. The summed E-state index contributed by atoms with van der Waals surface area (Å²) in [5.41, 5.74) is 1.55. The zero-order chi connectivity index (χ0) is 13.0. The zero-order valence-corrected chi connectivity index (χ0v) is 10.4. The second kappa shape index (κ2) is 5.53. The Kier molecular flexibility index (Phi) is 3.82. The molecule has 0 saturated heterocycles. The smallest absolute Gasteiger partial charge is 0.252 e. The molecule has 96 valence electrons. The molecule has 1 atom stereocenters. The third-order valence-corrected chi connectivity index (χ3v) is 3.03. The van der Waals surface area contributed by atoms with Gasteiger partial charge < -0.3 is 10.3 Å². The Morgan fingerprint density at radius 2 is 2.33 bits per heavy atom. The Hall–Kier alpha value is -2.04. The molecule has 0 aliphatic heterocycles. The molecule has 0 saturated carbocycles. The highest BCUT2D eigenvalue weighted by Gasteiger charge is 2.06. The van der Waals surface area contributed by atoms with E-state index in [9.17, 15) is 4.79 Å². The molecule has 1 aliphatic rings. The Balaban J connectivity index is 1.97. The predicted octanol–water partition coefficient (Wildman–Crippen LogP) is 1.14. The minimum Gasteiger partial charge on any atom is -0.380 e. The van der Waals surface area contributed by atoms with Gasteiger partial charge in [0, 0.05) is 17.5 Å². The SMILES string of the molecule is CCC1C=CC(NCc2cc(=O)[nH]c(=N)[nH]2)=CC1. The molecular formula is C13H18N4O. The van der Waals surface area contributed by atoms with Gasteiger partial charge in [0.25, 0.3) is 5.56 Å². The fourth-order valence-electron chi connectivity index (χ4n) is 1.94. The van der Waals surface area contributed by atoms with E-state index in [0.29, 0.717) is 18.2 Å². The van der Waals surface area contributed by atoms with Crippen LogP contribution in [0, 0.1) is 11.3 Å². The summed E-state index contributed by atoms with van der Waals surface area (Å²) in [4.78, 5) is 16.4. The van der Waals surface area contributed by atoms with Gasteiger partial charge in [-0.1, -0.05) is 19.1 Å². The first-order valence-electron chi connectivity index (χ1n) is 6.16. The Morgan fingerprint density at radius 3 is 2.94 bits per heavy atom. The van der Waals surface area contributed by atoms with Crippen molar-refractivity contribution in [1.29, 1.82) is 5.41 Å². The standard InChI is InChI=1S/C13H18N4O/c1-2-9-3-5-10(6-4-9)15-8-11-7-12(18)17-13(14)16-11/h3,5-7,9,15H,2,4,8H2,1H3,(H3,14,16,17,18). The number of hydrogen-bond donors (Lipinski definition) is 4. The van der Waals surface area contributed by atoms with Crippen LogP contribution in [-0.4, -0.2) is 9.97 Å². The van der Waals surface area contributed by atoms with Crippen molar-refractivity contribution in [2.45, 2.75) is 26.3 Å². The molecule has 18 heavy (non-hydrogen) atoms. The fourth-order valence-corrected chi connectivity index (χ4v) is 1.94. The van der Waals surface area contributed by atoms with Crippen molar-refractivity contribution in [3.63, 3.8) is 0 Å². The molecule has 0 aromatic carbocycles. The lowest BCUT2D eigenvalue weighted by molar-refractivity contribution is 0.620. The number of aromatic nitrogens is 2. The van der Waals surface area contributed by atoms with Crippen LogP contribution in [0.15, 0.2) is 34.8 Å². The molecule has 0 bridgehead atoms. The van der Waals surface area contributed by atoms with Gasteiger partial charge in [-0.3, -0.25) is 15.2 Å². The third kappa shape index (κ3) is 3.23. The van der Waals surface area contributed by atoms with Crippen molar-refractivity contribution in [1.82, 2.24) is 15.3 Å². The number of rotatable bonds is 4. The first kappa shape index (κ1) is 12.4. The molecule has 1 unspecified atom stereocenters. The normalized spacial score (nSPS) is 18.5. The van der Waals surface area contributed by atoms with Gasteiger partial charge >= 0.3 is 0 Å². The lowest BCUT2D eigenvalue weighted by Crippen LogP contribution is -2.25. The molecule has 1 aromatic heterocycles. The maximum absolute atomic E-state index is 11.2. The summed E-state index contributed by atoms with van der Waals surface area (Å²) in [6.07, 6.45) is 8.66. The quantitative estimate of drug-likeness (QED) is 0.642. The van der Waals surface area contributed by atoms with Crippen LogP contribution < -0.4 is 16.5 Å². The van der Waals surface area contributed by atoms with Gasteiger partial charge in [0.2, 0.25) is 0 Å². The molecule has 1 aliphatic carbocycles. The van der Waals surface area contributed by atoms with Gasteiger partial charge in [0.05, 0.1) is 6.54 Å². The van der Waals surface area contributed by atoms with Gasteiger partial charge in [0.15, 0.2) is 5.62 Å². The van der Waals surface area contributed by atoms with Crippen LogP contribution in [0.25, 0.3) is 0 Å². The maximum atomic E-state index is 11.2. The number of aromatic amines is 2. The van der Waals surface area contributed by atoms with Gasteiger partial charge in [0.1, 0.15) is 0 Å². The van der Waals surface area contributed by atoms with Gasteiger partial charge in [-0.05, 0) is 24.8 Å². The topological polar surface area (TPSA) is 84.5 Å². The van der Waals surface area contributed by atoms with E-state index < -0.39 is 0 Å². The number of hydrogen-bond acceptors (Lipinski definition) is 3. The van der Waals surface area contributed by atoms with Crippen molar-refractivity contribution >= 4 is 0 Å². The van der Waals surface area contributed by atoms with E-state index in [1.807, 2.05) is 0 Å². The number of allylic oxidation sites excluding steroid dienone is 3. The van der Waals surface area contributed by atoms with E-state index in [0.717, 1.165) is 18.5 Å². The molecule has 5 heteroatoms. The molecule has 0 fully saturated rings. The highest BCUT2D eigenvalue weighted by Crippen LogP contribution is 2.17. The van der Waals surface area contributed by atoms with E-state index in [4.69, 9.17) is 5.41 Å². The van der Waals surface area contributed by atoms with Gasteiger partial charge in [-0.15, -0.1) is 0 Å². The van der Waals surface area contributed by atoms with E-state index in [1.54, 1.807) is 0 Å². The lowest BCUT2D eigenvalue weighted by Gasteiger charge is -2.15. The van der Waals surface area contributed by atoms with Crippen molar-refractivity contribution in [2.75, 3.05) is 0 Å². The van der Waals surface area contributed by atoms with E-state index in [1.165, 1.54) is 6.07 Å². The molecule has 2 rings (SSSR count). The summed E-state index contributed by atoms with van der Waals surface area (Å²) >= 11 is 0. The van der Waals surface area contributed by atoms with Crippen LogP contribution in [0.4, 0.5) is 0 Å². The van der Waals surface area contributed by atoms with Crippen LogP contribution in [0.1, 0.15) is 25.5 Å². The van der Waals surface area contributed by atoms with Gasteiger partial charge in [-0.25, -0.2) is 0 Å². The van der Waals surface area contributed by atoms with Crippen molar-refractivity contribution < 1.29 is 0 Å². The molecular weight excluding hydrogens is 228 g/mol. The number of nitrogens with one attached hydrogen (secondary N) is 4. The molecule has 1 heterocycles. The number of H-pyrrole nitrogens is 2. The summed E-state index contributed by atoms with van der Waals surface area (Å²) in [5.74, 6) is 0.640. The maximum Gasteiger partial charge on any atom is 0.252 e. The summed E-state index contributed by atoms with van der Waals surface area (Å²) in [7, 11) is 0. The summed E-state index contributed by atoms with van der Waals surface area (Å²) < 4.78 is 0. The predicted molar refractivity (Wildman–Crippen MR) is 69.7 cm³/mol.